The average Bonchev–Trinajstić information content (AvgIpc) is 2.35. The lowest BCUT2D eigenvalue weighted by atomic mass is 9.85. The van der Waals surface area contributed by atoms with E-state index in [1.54, 1.807) is 0 Å². The number of hydrogen-bond acceptors (Lipinski definition) is 2. The number of guanidine groups is 1. The summed E-state index contributed by atoms with van der Waals surface area (Å²) in [6, 6.07) is 0.362. The van der Waals surface area contributed by atoms with Crippen LogP contribution in [-0.2, 0) is 4.79 Å². The molecule has 1 amide bonds. The van der Waals surface area contributed by atoms with Crippen molar-refractivity contribution in [2.45, 2.75) is 71.8 Å². The number of nitrogens with zero attached hydrogens (tertiary/aromatic N) is 1. The number of amides is 1. The predicted molar refractivity (Wildman–Crippen MR) is 92.7 cm³/mol. The number of rotatable bonds is 10. The molecule has 128 valence electrons. The van der Waals surface area contributed by atoms with Crippen molar-refractivity contribution in [1.29, 1.82) is 0 Å². The second-order valence-corrected chi connectivity index (χ2v) is 6.91. The van der Waals surface area contributed by atoms with Crippen LogP contribution in [0.2, 0.25) is 0 Å². The predicted octanol–water partition coefficient (Wildman–Crippen LogP) is 2.41. The van der Waals surface area contributed by atoms with Crippen molar-refractivity contribution < 1.29 is 4.79 Å². The summed E-state index contributed by atoms with van der Waals surface area (Å²) in [7, 11) is 0. The van der Waals surface area contributed by atoms with E-state index < -0.39 is 0 Å². The molecule has 0 saturated heterocycles. The van der Waals surface area contributed by atoms with Gasteiger partial charge in [-0.3, -0.25) is 9.79 Å². The van der Waals surface area contributed by atoms with Gasteiger partial charge in [0.05, 0.1) is 0 Å². The molecule has 0 aromatic carbocycles. The minimum atomic E-state index is 0.208. The van der Waals surface area contributed by atoms with Crippen molar-refractivity contribution in [2.75, 3.05) is 13.1 Å². The van der Waals surface area contributed by atoms with Crippen LogP contribution in [0, 0.1) is 11.8 Å². The number of nitrogens with two attached hydrogens (primary N) is 1. The summed E-state index contributed by atoms with van der Waals surface area (Å²) in [5.41, 5.74) is 5.88. The molecule has 0 heterocycles. The summed E-state index contributed by atoms with van der Waals surface area (Å²) in [4.78, 5) is 15.9. The Kier molecular flexibility index (Phi) is 8.94. The van der Waals surface area contributed by atoms with Crippen LogP contribution in [0.4, 0.5) is 0 Å². The highest BCUT2D eigenvalue weighted by atomic mass is 16.1. The summed E-state index contributed by atoms with van der Waals surface area (Å²) < 4.78 is 0. The second kappa shape index (κ2) is 10.5. The largest absolute Gasteiger partial charge is 0.370 e. The maximum atomic E-state index is 11.6. The van der Waals surface area contributed by atoms with Gasteiger partial charge in [-0.15, -0.1) is 0 Å². The molecule has 0 aliphatic heterocycles. The molecule has 1 fully saturated rings. The first-order chi connectivity index (χ1) is 10.5. The molecular weight excluding hydrogens is 276 g/mol. The lowest BCUT2D eigenvalue weighted by molar-refractivity contribution is -0.127. The Morgan fingerprint density at radius 1 is 1.23 bits per heavy atom. The Morgan fingerprint density at radius 2 is 1.95 bits per heavy atom. The molecule has 0 bridgehead atoms. The molecule has 22 heavy (non-hydrogen) atoms. The molecule has 1 unspecified atom stereocenters. The first kappa shape index (κ1) is 18.8. The third-order valence-electron chi connectivity index (χ3n) is 4.21. The van der Waals surface area contributed by atoms with E-state index in [2.05, 4.69) is 36.4 Å². The van der Waals surface area contributed by atoms with Gasteiger partial charge in [-0.25, -0.2) is 0 Å². The van der Waals surface area contributed by atoms with Gasteiger partial charge in [0.25, 0.3) is 0 Å². The van der Waals surface area contributed by atoms with Crippen LogP contribution in [0.15, 0.2) is 4.99 Å². The fourth-order valence-corrected chi connectivity index (χ4v) is 2.51. The number of carbonyl (C=O) groups excluding carboxylic acids is 1. The van der Waals surface area contributed by atoms with E-state index in [0.717, 1.165) is 31.6 Å². The van der Waals surface area contributed by atoms with E-state index >= 15 is 0 Å². The highest BCUT2D eigenvalue weighted by Gasteiger charge is 2.24. The standard InChI is InChI=1S/C17H34N4O/c1-13(2)7-4-8-14(3)21-17(18)20-12-6-11-19-16(22)15-9-5-10-15/h13-15H,4-12H2,1-3H3,(H,19,22)(H3,18,20,21). The summed E-state index contributed by atoms with van der Waals surface area (Å²) in [6.07, 6.45) is 7.72. The fourth-order valence-electron chi connectivity index (χ4n) is 2.51. The van der Waals surface area contributed by atoms with Crippen molar-refractivity contribution in [2.24, 2.45) is 22.6 Å². The van der Waals surface area contributed by atoms with Crippen LogP contribution in [-0.4, -0.2) is 31.0 Å². The number of aliphatic imine (C=N–C) groups is 1. The van der Waals surface area contributed by atoms with E-state index in [9.17, 15) is 4.79 Å². The Bertz CT molecular complexity index is 351. The smallest absolute Gasteiger partial charge is 0.223 e. The summed E-state index contributed by atoms with van der Waals surface area (Å²) in [6.45, 7) is 7.98. The summed E-state index contributed by atoms with van der Waals surface area (Å²) in [5.74, 6) is 1.75. The van der Waals surface area contributed by atoms with Crippen molar-refractivity contribution in [3.8, 4) is 0 Å². The van der Waals surface area contributed by atoms with Gasteiger partial charge in [-0.2, -0.15) is 0 Å². The maximum Gasteiger partial charge on any atom is 0.223 e. The minimum absolute atomic E-state index is 0.208. The monoisotopic (exact) mass is 310 g/mol. The van der Waals surface area contributed by atoms with Gasteiger partial charge >= 0.3 is 0 Å². The van der Waals surface area contributed by atoms with Gasteiger partial charge in [-0.1, -0.05) is 33.1 Å². The van der Waals surface area contributed by atoms with E-state index in [4.69, 9.17) is 5.73 Å². The lowest BCUT2D eigenvalue weighted by Gasteiger charge is -2.23. The Hall–Kier alpha value is -1.26. The quantitative estimate of drug-likeness (QED) is 0.329. The van der Waals surface area contributed by atoms with E-state index in [1.807, 2.05) is 0 Å². The fraction of sp³-hybridized carbons (Fsp3) is 0.882. The Morgan fingerprint density at radius 3 is 2.55 bits per heavy atom. The van der Waals surface area contributed by atoms with E-state index in [0.29, 0.717) is 25.1 Å². The normalized spacial score (nSPS) is 17.2. The highest BCUT2D eigenvalue weighted by Crippen LogP contribution is 2.25. The molecule has 1 atom stereocenters. The summed E-state index contributed by atoms with van der Waals surface area (Å²) >= 11 is 0. The van der Waals surface area contributed by atoms with Crippen molar-refractivity contribution in [3.63, 3.8) is 0 Å². The van der Waals surface area contributed by atoms with Crippen LogP contribution in [0.5, 0.6) is 0 Å². The van der Waals surface area contributed by atoms with Gasteiger partial charge in [-0.05, 0) is 38.5 Å². The maximum absolute atomic E-state index is 11.6. The molecule has 1 aliphatic rings. The third-order valence-corrected chi connectivity index (χ3v) is 4.21. The first-order valence-corrected chi connectivity index (χ1v) is 8.83. The molecule has 0 aromatic rings. The van der Waals surface area contributed by atoms with Crippen LogP contribution in [0.3, 0.4) is 0 Å². The topological polar surface area (TPSA) is 79.5 Å². The zero-order valence-corrected chi connectivity index (χ0v) is 14.5. The third kappa shape index (κ3) is 8.25. The molecule has 0 radical (unpaired) electrons. The van der Waals surface area contributed by atoms with Crippen LogP contribution < -0.4 is 16.4 Å². The lowest BCUT2D eigenvalue weighted by Crippen LogP contribution is -2.38. The SMILES string of the molecule is CC(C)CCCC(C)NC(N)=NCCCNC(=O)C1CCC1. The first-order valence-electron chi connectivity index (χ1n) is 8.83. The molecule has 5 nitrogen and oxygen atoms in total. The van der Waals surface area contributed by atoms with Crippen LogP contribution in [0.1, 0.15) is 65.7 Å². The van der Waals surface area contributed by atoms with Crippen LogP contribution >= 0.6 is 0 Å². The Balaban J connectivity index is 2.02. The number of nitrogens with one attached hydrogen (secondary N) is 2. The highest BCUT2D eigenvalue weighted by molar-refractivity contribution is 5.79. The summed E-state index contributed by atoms with van der Waals surface area (Å²) in [5, 5.41) is 6.20. The van der Waals surface area contributed by atoms with Crippen molar-refractivity contribution in [3.05, 3.63) is 0 Å². The number of hydrogen-bond donors (Lipinski definition) is 3. The zero-order chi connectivity index (χ0) is 16.4. The molecule has 5 heteroatoms. The second-order valence-electron chi connectivity index (χ2n) is 6.91. The van der Waals surface area contributed by atoms with E-state index in [-0.39, 0.29) is 11.8 Å². The molecule has 0 aromatic heterocycles. The van der Waals surface area contributed by atoms with Gasteiger partial charge in [0.2, 0.25) is 5.91 Å². The van der Waals surface area contributed by atoms with Crippen molar-refractivity contribution in [1.82, 2.24) is 10.6 Å². The molecule has 4 N–H and O–H groups in total. The Labute approximate surface area is 135 Å². The van der Waals surface area contributed by atoms with Crippen LogP contribution in [0.25, 0.3) is 0 Å². The molecule has 1 aliphatic carbocycles. The zero-order valence-electron chi connectivity index (χ0n) is 14.5. The average molecular weight is 310 g/mol. The number of carbonyl (C=O) groups is 1. The molecule has 0 spiro atoms. The van der Waals surface area contributed by atoms with Gasteiger partial charge in [0, 0.05) is 25.0 Å². The minimum Gasteiger partial charge on any atom is -0.370 e. The van der Waals surface area contributed by atoms with Gasteiger partial charge in [0.15, 0.2) is 5.96 Å². The molecule has 1 rings (SSSR count). The molecular formula is C17H34N4O. The van der Waals surface area contributed by atoms with Gasteiger partial charge < -0.3 is 16.4 Å². The van der Waals surface area contributed by atoms with Gasteiger partial charge in [0.1, 0.15) is 0 Å². The van der Waals surface area contributed by atoms with E-state index in [1.165, 1.54) is 19.3 Å². The molecule has 1 saturated carbocycles. The van der Waals surface area contributed by atoms with Crippen molar-refractivity contribution >= 4 is 11.9 Å².